The summed E-state index contributed by atoms with van der Waals surface area (Å²) in [5, 5.41) is 3.85. The van der Waals surface area contributed by atoms with Crippen LogP contribution in [0.5, 0.6) is 17.2 Å². The standard InChI is InChI=1S/C20H20N2O4S/c1-12-21-15-7-6-14(10-19(15)27-12)22-20(23)8-5-13-9-17(25-3)18(26-4)11-16(13)24-2/h5-11H,1-4H3,(H,22,23)/b8-5+. The zero-order chi connectivity index (χ0) is 19.4. The van der Waals surface area contributed by atoms with Crippen molar-refractivity contribution < 1.29 is 19.0 Å². The van der Waals surface area contributed by atoms with E-state index >= 15 is 0 Å². The fourth-order valence-corrected chi connectivity index (χ4v) is 3.52. The summed E-state index contributed by atoms with van der Waals surface area (Å²) >= 11 is 1.59. The van der Waals surface area contributed by atoms with Crippen LogP contribution in [0.3, 0.4) is 0 Å². The number of carbonyl (C=O) groups excluding carboxylic acids is 1. The van der Waals surface area contributed by atoms with Crippen LogP contribution in [0.15, 0.2) is 36.4 Å². The monoisotopic (exact) mass is 384 g/mol. The lowest BCUT2D eigenvalue weighted by Crippen LogP contribution is -2.07. The normalized spacial score (nSPS) is 11.0. The minimum atomic E-state index is -0.243. The van der Waals surface area contributed by atoms with E-state index < -0.39 is 0 Å². The number of aromatic nitrogens is 1. The summed E-state index contributed by atoms with van der Waals surface area (Å²) < 4.78 is 17.0. The zero-order valence-electron chi connectivity index (χ0n) is 15.5. The SMILES string of the molecule is COc1cc(OC)c(OC)cc1/C=C/C(=O)Nc1ccc2nc(C)sc2c1. The fourth-order valence-electron chi connectivity index (χ4n) is 2.65. The Kier molecular flexibility index (Phi) is 5.61. The Labute approximate surface area is 161 Å². The van der Waals surface area contributed by atoms with Crippen molar-refractivity contribution in [3.8, 4) is 17.2 Å². The van der Waals surface area contributed by atoms with Crippen LogP contribution in [0.1, 0.15) is 10.6 Å². The molecule has 3 aromatic rings. The molecule has 140 valence electrons. The highest BCUT2D eigenvalue weighted by Crippen LogP contribution is 2.35. The Morgan fingerprint density at radius 1 is 1.04 bits per heavy atom. The summed E-state index contributed by atoms with van der Waals surface area (Å²) in [7, 11) is 4.68. The summed E-state index contributed by atoms with van der Waals surface area (Å²) in [6, 6.07) is 9.13. The molecule has 0 atom stereocenters. The van der Waals surface area contributed by atoms with Crippen molar-refractivity contribution in [2.24, 2.45) is 0 Å². The van der Waals surface area contributed by atoms with Gasteiger partial charge in [0.2, 0.25) is 5.91 Å². The van der Waals surface area contributed by atoms with Crippen LogP contribution in [0, 0.1) is 6.92 Å². The number of thiazole rings is 1. The van der Waals surface area contributed by atoms with Crippen molar-refractivity contribution >= 4 is 39.2 Å². The summed E-state index contributed by atoms with van der Waals surface area (Å²) in [5.41, 5.74) is 2.36. The molecule has 0 saturated carbocycles. The topological polar surface area (TPSA) is 69.7 Å². The van der Waals surface area contributed by atoms with Gasteiger partial charge < -0.3 is 19.5 Å². The summed E-state index contributed by atoms with van der Waals surface area (Å²) in [4.78, 5) is 16.7. The van der Waals surface area contributed by atoms with Gasteiger partial charge in [-0.15, -0.1) is 11.3 Å². The number of hydrogen-bond acceptors (Lipinski definition) is 6. The lowest BCUT2D eigenvalue weighted by atomic mass is 10.1. The number of carbonyl (C=O) groups is 1. The van der Waals surface area contributed by atoms with Crippen LogP contribution in [0.2, 0.25) is 0 Å². The van der Waals surface area contributed by atoms with Crippen molar-refractivity contribution in [3.63, 3.8) is 0 Å². The van der Waals surface area contributed by atoms with Gasteiger partial charge in [-0.1, -0.05) is 0 Å². The molecule has 6 nitrogen and oxygen atoms in total. The van der Waals surface area contributed by atoms with E-state index in [1.54, 1.807) is 50.9 Å². The Balaban J connectivity index is 1.79. The van der Waals surface area contributed by atoms with E-state index in [1.807, 2.05) is 25.1 Å². The van der Waals surface area contributed by atoms with Crippen LogP contribution >= 0.6 is 11.3 Å². The van der Waals surface area contributed by atoms with E-state index in [1.165, 1.54) is 6.08 Å². The number of amides is 1. The molecule has 1 N–H and O–H groups in total. The Hall–Kier alpha value is -3.06. The number of aryl methyl sites for hydroxylation is 1. The van der Waals surface area contributed by atoms with Gasteiger partial charge in [-0.05, 0) is 37.3 Å². The number of fused-ring (bicyclic) bond motifs is 1. The molecule has 1 heterocycles. The first-order valence-electron chi connectivity index (χ1n) is 8.20. The van der Waals surface area contributed by atoms with Gasteiger partial charge in [-0.25, -0.2) is 4.98 Å². The van der Waals surface area contributed by atoms with Crippen LogP contribution in [-0.2, 0) is 4.79 Å². The van der Waals surface area contributed by atoms with E-state index in [0.717, 1.165) is 20.9 Å². The van der Waals surface area contributed by atoms with Gasteiger partial charge in [-0.3, -0.25) is 4.79 Å². The minimum Gasteiger partial charge on any atom is -0.496 e. The molecule has 3 rings (SSSR count). The van der Waals surface area contributed by atoms with Crippen molar-refractivity contribution in [2.75, 3.05) is 26.6 Å². The molecule has 1 aromatic heterocycles. The fraction of sp³-hybridized carbons (Fsp3) is 0.200. The first kappa shape index (κ1) is 18.7. The molecular formula is C20H20N2O4S. The minimum absolute atomic E-state index is 0.243. The van der Waals surface area contributed by atoms with E-state index in [2.05, 4.69) is 10.3 Å². The van der Waals surface area contributed by atoms with E-state index in [9.17, 15) is 4.79 Å². The predicted molar refractivity (Wildman–Crippen MR) is 108 cm³/mol. The highest BCUT2D eigenvalue weighted by atomic mass is 32.1. The first-order valence-corrected chi connectivity index (χ1v) is 9.02. The van der Waals surface area contributed by atoms with Crippen LogP contribution in [0.25, 0.3) is 16.3 Å². The second-order valence-corrected chi connectivity index (χ2v) is 6.92. The molecule has 0 radical (unpaired) electrons. The van der Waals surface area contributed by atoms with Gasteiger partial charge >= 0.3 is 0 Å². The van der Waals surface area contributed by atoms with Gasteiger partial charge in [-0.2, -0.15) is 0 Å². The van der Waals surface area contributed by atoms with Gasteiger partial charge in [0.1, 0.15) is 5.75 Å². The third-order valence-corrected chi connectivity index (χ3v) is 4.85. The number of ether oxygens (including phenoxy) is 3. The summed E-state index contributed by atoms with van der Waals surface area (Å²) in [5.74, 6) is 1.46. The molecule has 0 aliphatic heterocycles. The Morgan fingerprint density at radius 2 is 1.74 bits per heavy atom. The third kappa shape index (κ3) is 4.20. The van der Waals surface area contributed by atoms with Gasteiger partial charge in [0.05, 0.1) is 36.6 Å². The van der Waals surface area contributed by atoms with Crippen molar-refractivity contribution in [3.05, 3.63) is 47.0 Å². The molecular weight excluding hydrogens is 364 g/mol. The van der Waals surface area contributed by atoms with Gasteiger partial charge in [0.15, 0.2) is 11.5 Å². The van der Waals surface area contributed by atoms with Gasteiger partial charge in [0, 0.05) is 23.4 Å². The Morgan fingerprint density at radius 3 is 2.44 bits per heavy atom. The van der Waals surface area contributed by atoms with E-state index in [4.69, 9.17) is 14.2 Å². The second kappa shape index (κ2) is 8.09. The molecule has 0 aliphatic rings. The Bertz CT molecular complexity index is 1010. The first-order chi connectivity index (χ1) is 13.0. The number of methoxy groups -OCH3 is 3. The second-order valence-electron chi connectivity index (χ2n) is 5.69. The molecule has 2 aromatic carbocycles. The molecule has 7 heteroatoms. The average molecular weight is 384 g/mol. The average Bonchev–Trinajstić information content (AvgIpc) is 3.04. The van der Waals surface area contributed by atoms with E-state index in [-0.39, 0.29) is 5.91 Å². The van der Waals surface area contributed by atoms with Gasteiger partial charge in [0.25, 0.3) is 0 Å². The van der Waals surface area contributed by atoms with Crippen LogP contribution in [-0.4, -0.2) is 32.2 Å². The van der Waals surface area contributed by atoms with Crippen LogP contribution in [0.4, 0.5) is 5.69 Å². The smallest absolute Gasteiger partial charge is 0.248 e. The number of rotatable bonds is 6. The highest BCUT2D eigenvalue weighted by Gasteiger charge is 2.10. The largest absolute Gasteiger partial charge is 0.496 e. The maximum absolute atomic E-state index is 12.3. The lowest BCUT2D eigenvalue weighted by molar-refractivity contribution is -0.111. The quantitative estimate of drug-likeness (QED) is 0.642. The number of nitrogens with one attached hydrogen (secondary N) is 1. The molecule has 0 saturated heterocycles. The lowest BCUT2D eigenvalue weighted by Gasteiger charge is -2.12. The van der Waals surface area contributed by atoms with Crippen molar-refractivity contribution in [1.29, 1.82) is 0 Å². The summed E-state index contributed by atoms with van der Waals surface area (Å²) in [6.07, 6.45) is 3.12. The summed E-state index contributed by atoms with van der Waals surface area (Å²) in [6.45, 7) is 1.96. The highest BCUT2D eigenvalue weighted by molar-refractivity contribution is 7.18. The van der Waals surface area contributed by atoms with E-state index in [0.29, 0.717) is 22.8 Å². The molecule has 27 heavy (non-hydrogen) atoms. The molecule has 0 fully saturated rings. The third-order valence-electron chi connectivity index (χ3n) is 3.91. The number of anilines is 1. The number of nitrogens with zero attached hydrogens (tertiary/aromatic N) is 1. The predicted octanol–water partition coefficient (Wildman–Crippen LogP) is 4.28. The molecule has 0 unspecified atom stereocenters. The molecule has 0 bridgehead atoms. The molecule has 1 amide bonds. The number of hydrogen-bond donors (Lipinski definition) is 1. The maximum Gasteiger partial charge on any atom is 0.248 e. The zero-order valence-corrected chi connectivity index (χ0v) is 16.3. The maximum atomic E-state index is 12.3. The van der Waals surface area contributed by atoms with Crippen LogP contribution < -0.4 is 19.5 Å². The number of benzene rings is 2. The van der Waals surface area contributed by atoms with Crippen molar-refractivity contribution in [1.82, 2.24) is 4.98 Å². The molecule has 0 aliphatic carbocycles. The van der Waals surface area contributed by atoms with Crippen molar-refractivity contribution in [2.45, 2.75) is 6.92 Å². The molecule has 0 spiro atoms.